The maximum absolute atomic E-state index is 13.6. The van der Waals surface area contributed by atoms with Crippen LogP contribution in [0.25, 0.3) is 10.2 Å². The number of nitrogens with one attached hydrogen (secondary N) is 2. The highest BCUT2D eigenvalue weighted by Crippen LogP contribution is 2.68. The Morgan fingerprint density at radius 2 is 1.59 bits per heavy atom. The van der Waals surface area contributed by atoms with E-state index in [2.05, 4.69) is 36.4 Å². The van der Waals surface area contributed by atoms with Crippen LogP contribution in [0.3, 0.4) is 0 Å². The van der Waals surface area contributed by atoms with Crippen molar-refractivity contribution >= 4 is 62.9 Å². The van der Waals surface area contributed by atoms with Gasteiger partial charge < -0.3 is 50.0 Å². The van der Waals surface area contributed by atoms with Crippen molar-refractivity contribution in [1.82, 2.24) is 25.4 Å². The second-order valence-corrected chi connectivity index (χ2v) is 26.6. The van der Waals surface area contributed by atoms with Gasteiger partial charge in [-0.3, -0.25) is 24.0 Å². The number of aliphatic carboxylic acids is 1. The number of aliphatic hydroxyl groups excluding tert-OH is 2. The predicted octanol–water partition coefficient (Wildman–Crippen LogP) is 8.33. The SMILES string of the molecule is CC1=C(C)C(=O)C(C(C)(C)CC(=O)N(C)CCN(CCOCCOCCC(=O)NCCCCC(NC(=O)CC[C@@H](C)[C@H]2CC[C@H]3[C@@H]4CC[C@@H]5C[C@H](O)CC[C@]5(C)[C@H]4C[C@H](O)[C@]23C)C(=O)O)C(=O)Oc2ccc3nc(C#N)sc3c2)=C(C)C1=O. The molecule has 456 valence electrons. The zero-order chi connectivity index (χ0) is 60.6. The van der Waals surface area contributed by atoms with Crippen molar-refractivity contribution in [3.63, 3.8) is 0 Å². The average Bonchev–Trinajstić information content (AvgIpc) is 2.79. The van der Waals surface area contributed by atoms with Gasteiger partial charge >= 0.3 is 12.1 Å². The minimum absolute atomic E-state index is 0.0565. The van der Waals surface area contributed by atoms with Gasteiger partial charge in [-0.05, 0) is 156 Å². The molecule has 5 aliphatic carbocycles. The quantitative estimate of drug-likeness (QED) is 0.0415. The number of hydrogen-bond donors (Lipinski definition) is 5. The van der Waals surface area contributed by atoms with E-state index >= 15 is 0 Å². The van der Waals surface area contributed by atoms with E-state index in [-0.39, 0.29) is 141 Å². The Kier molecular flexibility index (Phi) is 22.0. The van der Waals surface area contributed by atoms with Gasteiger partial charge in [-0.25, -0.2) is 14.6 Å². The lowest BCUT2D eigenvalue weighted by Crippen LogP contribution is -2.58. The molecule has 1 unspecified atom stereocenters. The van der Waals surface area contributed by atoms with Crippen molar-refractivity contribution in [1.29, 1.82) is 5.26 Å². The number of carboxylic acid groups (broad SMARTS) is 1. The summed E-state index contributed by atoms with van der Waals surface area (Å²) in [5.41, 5.74) is 1.01. The number of thiazole rings is 1. The highest BCUT2D eigenvalue weighted by molar-refractivity contribution is 7.19. The largest absolute Gasteiger partial charge is 0.480 e. The van der Waals surface area contributed by atoms with Crippen molar-refractivity contribution in [2.45, 2.75) is 170 Å². The van der Waals surface area contributed by atoms with Gasteiger partial charge in [0.25, 0.3) is 0 Å². The number of amides is 4. The van der Waals surface area contributed by atoms with Crippen LogP contribution < -0.4 is 15.4 Å². The molecule has 20 heteroatoms. The molecule has 4 fully saturated rings. The fourth-order valence-electron chi connectivity index (χ4n) is 15.1. The highest BCUT2D eigenvalue weighted by atomic mass is 32.1. The number of aliphatic hydroxyl groups is 2. The molecule has 19 nitrogen and oxygen atoms in total. The molecule has 5 N–H and O–H groups in total. The van der Waals surface area contributed by atoms with Gasteiger partial charge in [0.1, 0.15) is 17.9 Å². The number of hydrogen-bond acceptors (Lipinski definition) is 15. The fraction of sp³-hybridized carbons (Fsp3) is 0.698. The molecule has 4 saturated carbocycles. The molecular formula is C63H90N6O13S. The van der Waals surface area contributed by atoms with Crippen LogP contribution in [-0.4, -0.2) is 149 Å². The van der Waals surface area contributed by atoms with Crippen LogP contribution in [-0.2, 0) is 38.2 Å². The van der Waals surface area contributed by atoms with E-state index in [0.717, 1.165) is 51.4 Å². The standard InChI is InChI=1S/C63H90N6O13S/c1-37(45-17-18-46-44-16-14-41-32-42(70)21-23-62(41,7)47(44)34-51(71)63(45,46)8)13-20-53(73)66-49(59(77)78)12-10-11-24-65-52(72)22-28-80-30-31-81-29-27-69(60(79)82-43-15-19-48-50(33-43)83-54(36-64)67-48)26-25-68(9)55(74)35-61(5,6)56-40(4)57(75)38(2)39(3)58(56)76/h15,19,33,37,41-42,44-47,49,51,70-71H,10-14,16-18,20-32,34-35H2,1-9H3,(H,65,72)(H,66,73)(H,77,78)/t37-,41-,42-,44+,45-,46+,47+,49?,51+,62+,63-/m1/s1. The van der Waals surface area contributed by atoms with Crippen LogP contribution in [0.1, 0.15) is 157 Å². The minimum atomic E-state index is -1.10. The van der Waals surface area contributed by atoms with E-state index in [0.29, 0.717) is 82.0 Å². The fourth-order valence-corrected chi connectivity index (χ4v) is 15.9. The zero-order valence-electron chi connectivity index (χ0n) is 50.3. The van der Waals surface area contributed by atoms with Gasteiger partial charge in [0.05, 0.1) is 48.9 Å². The Morgan fingerprint density at radius 3 is 2.31 bits per heavy atom. The van der Waals surface area contributed by atoms with Crippen molar-refractivity contribution < 1.29 is 63.1 Å². The lowest BCUT2D eigenvalue weighted by Gasteiger charge is -2.62. The molecule has 4 amide bonds. The molecule has 0 radical (unpaired) electrons. The number of Topliss-reactive ketones (excluding diaryl/α,β-unsaturated/α-hetero) is 2. The van der Waals surface area contributed by atoms with Gasteiger partial charge in [0, 0.05) is 86.3 Å². The number of ether oxygens (including phenoxy) is 3. The maximum Gasteiger partial charge on any atom is 0.415 e. The van der Waals surface area contributed by atoms with E-state index in [1.54, 1.807) is 59.9 Å². The molecule has 0 spiro atoms. The number of nitriles is 1. The lowest BCUT2D eigenvalue weighted by atomic mass is 9.43. The molecule has 83 heavy (non-hydrogen) atoms. The third kappa shape index (κ3) is 15.1. The second kappa shape index (κ2) is 28.1. The number of allylic oxidation sites excluding steroid dienone is 4. The zero-order valence-corrected chi connectivity index (χ0v) is 51.1. The maximum atomic E-state index is 13.6. The van der Waals surface area contributed by atoms with E-state index in [1.807, 2.05) is 6.07 Å². The Morgan fingerprint density at radius 1 is 0.867 bits per heavy atom. The summed E-state index contributed by atoms with van der Waals surface area (Å²) in [6.07, 6.45) is 8.74. The number of likely N-dealkylation sites (N-methyl/N-ethyl adjacent to an activating group) is 1. The number of unbranched alkanes of at least 4 members (excludes halogenated alkanes) is 1. The molecule has 0 bridgehead atoms. The Labute approximate surface area is 493 Å². The van der Waals surface area contributed by atoms with E-state index < -0.39 is 29.6 Å². The number of carbonyl (C=O) groups excluding carboxylic acids is 6. The monoisotopic (exact) mass is 1170 g/mol. The average molecular weight is 1170 g/mol. The normalized spacial score (nSPS) is 26.8. The number of rotatable bonds is 27. The summed E-state index contributed by atoms with van der Waals surface area (Å²) in [5.74, 6) is 0.340. The molecule has 1 aromatic carbocycles. The number of aromatic nitrogens is 1. The molecule has 1 aromatic heterocycles. The summed E-state index contributed by atoms with van der Waals surface area (Å²) in [7, 11) is 1.60. The van der Waals surface area contributed by atoms with Gasteiger partial charge in [-0.15, -0.1) is 11.3 Å². The van der Waals surface area contributed by atoms with E-state index in [4.69, 9.17) is 14.2 Å². The number of fused-ring (bicyclic) bond motifs is 6. The summed E-state index contributed by atoms with van der Waals surface area (Å²) in [6, 6.07) is 5.84. The third-order valence-electron chi connectivity index (χ3n) is 20.1. The van der Waals surface area contributed by atoms with Crippen LogP contribution in [0.2, 0.25) is 0 Å². The molecule has 0 aliphatic heterocycles. The van der Waals surface area contributed by atoms with Gasteiger partial charge in [0.15, 0.2) is 16.6 Å². The third-order valence-corrected chi connectivity index (χ3v) is 21.0. The highest BCUT2D eigenvalue weighted by Gasteiger charge is 2.63. The van der Waals surface area contributed by atoms with Crippen molar-refractivity contribution in [2.24, 2.45) is 51.8 Å². The van der Waals surface area contributed by atoms with Crippen LogP contribution in [0.5, 0.6) is 5.75 Å². The minimum Gasteiger partial charge on any atom is -0.480 e. The number of nitrogens with zero attached hydrogens (tertiary/aromatic N) is 4. The van der Waals surface area contributed by atoms with Gasteiger partial charge in [-0.1, -0.05) is 34.6 Å². The van der Waals surface area contributed by atoms with Gasteiger partial charge in [-0.2, -0.15) is 5.26 Å². The number of carboxylic acids is 1. The van der Waals surface area contributed by atoms with E-state index in [9.17, 15) is 54.1 Å². The predicted molar refractivity (Wildman–Crippen MR) is 313 cm³/mol. The Bertz CT molecular complexity index is 2840. The first-order chi connectivity index (χ1) is 39.3. The summed E-state index contributed by atoms with van der Waals surface area (Å²) in [4.78, 5) is 98.6. The summed E-state index contributed by atoms with van der Waals surface area (Å²) in [6.45, 7) is 16.4. The van der Waals surface area contributed by atoms with Crippen LogP contribution in [0.4, 0.5) is 4.79 Å². The van der Waals surface area contributed by atoms with Crippen LogP contribution >= 0.6 is 11.3 Å². The first-order valence-electron chi connectivity index (χ1n) is 30.1. The van der Waals surface area contributed by atoms with E-state index in [1.165, 1.54) is 21.1 Å². The number of benzene rings is 1. The summed E-state index contributed by atoms with van der Waals surface area (Å²) >= 11 is 1.17. The molecule has 7 rings (SSSR count). The first-order valence-corrected chi connectivity index (χ1v) is 30.9. The molecule has 0 saturated heterocycles. The first kappa shape index (κ1) is 65.0. The lowest BCUT2D eigenvalue weighted by molar-refractivity contribution is -0.175. The second-order valence-electron chi connectivity index (χ2n) is 25.6. The van der Waals surface area contributed by atoms with Gasteiger partial charge in [0.2, 0.25) is 17.7 Å². The van der Waals surface area contributed by atoms with Crippen molar-refractivity contribution in [3.05, 3.63) is 45.5 Å². The summed E-state index contributed by atoms with van der Waals surface area (Å²) in [5, 5.41) is 47.5. The van der Waals surface area contributed by atoms with Crippen molar-refractivity contribution in [2.75, 3.05) is 59.7 Å². The molecule has 5 aliphatic rings. The molecular weight excluding hydrogens is 1080 g/mol. The number of carbonyl (C=O) groups is 7. The smallest absolute Gasteiger partial charge is 0.415 e. The molecule has 1 heterocycles. The topological polar surface area (TPSA) is 275 Å². The molecule has 11 atom stereocenters. The Hall–Kier alpha value is -5.59. The van der Waals surface area contributed by atoms with Crippen LogP contribution in [0.15, 0.2) is 40.5 Å². The van der Waals surface area contributed by atoms with Crippen molar-refractivity contribution in [3.8, 4) is 11.8 Å². The summed E-state index contributed by atoms with van der Waals surface area (Å²) < 4.78 is 17.8. The molecule has 2 aromatic rings. The Balaban J connectivity index is 0.778. The van der Waals surface area contributed by atoms with Crippen LogP contribution in [0, 0.1) is 63.1 Å². The number of ketones is 2.